The van der Waals surface area contributed by atoms with Gasteiger partial charge in [-0.15, -0.1) is 0 Å². The van der Waals surface area contributed by atoms with Gasteiger partial charge in [0.1, 0.15) is 0 Å². The summed E-state index contributed by atoms with van der Waals surface area (Å²) in [5.41, 5.74) is 0.925. The van der Waals surface area contributed by atoms with E-state index in [1.807, 2.05) is 26.0 Å². The highest BCUT2D eigenvalue weighted by Gasteiger charge is 2.08. The lowest BCUT2D eigenvalue weighted by Gasteiger charge is -2.13. The number of anilines is 1. The first kappa shape index (κ1) is 11.7. The molecule has 0 radical (unpaired) electrons. The topological polar surface area (TPSA) is 21.3 Å². The summed E-state index contributed by atoms with van der Waals surface area (Å²) in [6.45, 7) is 5.47. The highest BCUT2D eigenvalue weighted by Crippen LogP contribution is 2.36. The van der Waals surface area contributed by atoms with Crippen LogP contribution >= 0.6 is 27.5 Å². The Morgan fingerprint density at radius 1 is 1.43 bits per heavy atom. The van der Waals surface area contributed by atoms with Crippen LogP contribution in [-0.4, -0.2) is 13.2 Å². The molecule has 0 saturated heterocycles. The zero-order chi connectivity index (χ0) is 10.6. The van der Waals surface area contributed by atoms with Gasteiger partial charge in [0.2, 0.25) is 0 Å². The molecule has 0 spiro atoms. The molecule has 0 unspecified atom stereocenters. The van der Waals surface area contributed by atoms with Crippen molar-refractivity contribution in [1.82, 2.24) is 0 Å². The van der Waals surface area contributed by atoms with Crippen LogP contribution in [0.3, 0.4) is 0 Å². The normalized spacial score (nSPS) is 10.0. The standard InChI is InChI=1S/C10H13BrClNO/c1-3-13-9-6-7(12)5-8(11)10(9)14-4-2/h5-6,13H,3-4H2,1-2H3. The summed E-state index contributed by atoms with van der Waals surface area (Å²) < 4.78 is 6.38. The zero-order valence-corrected chi connectivity index (χ0v) is 10.6. The third-order valence-electron chi connectivity index (χ3n) is 1.66. The molecule has 1 aromatic rings. The second-order valence-electron chi connectivity index (χ2n) is 2.73. The Morgan fingerprint density at radius 3 is 2.71 bits per heavy atom. The van der Waals surface area contributed by atoms with Gasteiger partial charge in [-0.25, -0.2) is 0 Å². The van der Waals surface area contributed by atoms with E-state index >= 15 is 0 Å². The molecule has 0 aliphatic heterocycles. The van der Waals surface area contributed by atoms with Crippen LogP contribution in [0.4, 0.5) is 5.69 Å². The fourth-order valence-corrected chi connectivity index (χ4v) is 2.10. The van der Waals surface area contributed by atoms with Crippen LogP contribution in [0.1, 0.15) is 13.8 Å². The minimum absolute atomic E-state index is 0.638. The number of nitrogens with one attached hydrogen (secondary N) is 1. The molecule has 0 fully saturated rings. The van der Waals surface area contributed by atoms with Gasteiger partial charge in [-0.2, -0.15) is 0 Å². The van der Waals surface area contributed by atoms with Crippen LogP contribution in [-0.2, 0) is 0 Å². The fourth-order valence-electron chi connectivity index (χ4n) is 1.17. The van der Waals surface area contributed by atoms with Gasteiger partial charge in [-0.05, 0) is 41.9 Å². The lowest BCUT2D eigenvalue weighted by atomic mass is 10.3. The highest BCUT2D eigenvalue weighted by molar-refractivity contribution is 9.10. The van der Waals surface area contributed by atoms with Crippen molar-refractivity contribution in [3.8, 4) is 5.75 Å². The van der Waals surface area contributed by atoms with Crippen molar-refractivity contribution in [2.75, 3.05) is 18.5 Å². The Kier molecular flexibility index (Phi) is 4.55. The molecule has 0 bridgehead atoms. The minimum Gasteiger partial charge on any atom is -0.491 e. The lowest BCUT2D eigenvalue weighted by molar-refractivity contribution is 0.339. The maximum atomic E-state index is 5.93. The molecule has 1 N–H and O–H groups in total. The van der Waals surface area contributed by atoms with Gasteiger partial charge in [0.15, 0.2) is 5.75 Å². The summed E-state index contributed by atoms with van der Waals surface area (Å²) in [5, 5.41) is 3.89. The number of halogens is 2. The van der Waals surface area contributed by atoms with Crippen LogP contribution in [0.5, 0.6) is 5.75 Å². The van der Waals surface area contributed by atoms with Gasteiger partial charge in [-0.3, -0.25) is 0 Å². The Morgan fingerprint density at radius 2 is 2.14 bits per heavy atom. The molecule has 0 aliphatic carbocycles. The number of benzene rings is 1. The highest BCUT2D eigenvalue weighted by atomic mass is 79.9. The molecule has 2 nitrogen and oxygen atoms in total. The Bertz CT molecular complexity index is 317. The van der Waals surface area contributed by atoms with Crippen molar-refractivity contribution in [1.29, 1.82) is 0 Å². The molecule has 1 aromatic carbocycles. The van der Waals surface area contributed by atoms with Crippen molar-refractivity contribution >= 4 is 33.2 Å². The molecule has 0 heterocycles. The van der Waals surface area contributed by atoms with Gasteiger partial charge < -0.3 is 10.1 Å². The van der Waals surface area contributed by atoms with Crippen molar-refractivity contribution < 1.29 is 4.74 Å². The van der Waals surface area contributed by atoms with Crippen LogP contribution in [0.2, 0.25) is 5.02 Å². The molecule has 0 aromatic heterocycles. The van der Waals surface area contributed by atoms with Gasteiger partial charge in [0.25, 0.3) is 0 Å². The molecule has 0 amide bonds. The van der Waals surface area contributed by atoms with Crippen molar-refractivity contribution in [2.24, 2.45) is 0 Å². The lowest BCUT2D eigenvalue weighted by Crippen LogP contribution is -2.02. The minimum atomic E-state index is 0.638. The van der Waals surface area contributed by atoms with Crippen molar-refractivity contribution in [2.45, 2.75) is 13.8 Å². The number of hydrogen-bond acceptors (Lipinski definition) is 2. The Hall–Kier alpha value is -0.410. The van der Waals surface area contributed by atoms with Crippen LogP contribution in [0.25, 0.3) is 0 Å². The summed E-state index contributed by atoms with van der Waals surface area (Å²) in [6.07, 6.45) is 0. The predicted molar refractivity (Wildman–Crippen MR) is 64.5 cm³/mol. The maximum Gasteiger partial charge on any atom is 0.156 e. The third-order valence-corrected chi connectivity index (χ3v) is 2.47. The van der Waals surface area contributed by atoms with E-state index in [9.17, 15) is 0 Å². The molecule has 78 valence electrons. The van der Waals surface area contributed by atoms with E-state index in [1.165, 1.54) is 0 Å². The van der Waals surface area contributed by atoms with E-state index < -0.39 is 0 Å². The van der Waals surface area contributed by atoms with Crippen LogP contribution in [0, 0.1) is 0 Å². The summed E-state index contributed by atoms with van der Waals surface area (Å²) >= 11 is 9.35. The molecule has 0 atom stereocenters. The van der Waals surface area contributed by atoms with Crippen LogP contribution < -0.4 is 10.1 Å². The molecular formula is C10H13BrClNO. The SMILES string of the molecule is CCNc1cc(Cl)cc(Br)c1OCC. The first-order chi connectivity index (χ1) is 6.69. The van der Waals surface area contributed by atoms with E-state index in [-0.39, 0.29) is 0 Å². The van der Waals surface area contributed by atoms with Gasteiger partial charge in [0, 0.05) is 11.6 Å². The summed E-state index contributed by atoms with van der Waals surface area (Å²) in [5.74, 6) is 0.818. The molecule has 14 heavy (non-hydrogen) atoms. The molecular weight excluding hydrogens is 265 g/mol. The second-order valence-corrected chi connectivity index (χ2v) is 4.02. The first-order valence-corrected chi connectivity index (χ1v) is 5.71. The molecule has 0 saturated carbocycles. The van der Waals surface area contributed by atoms with E-state index in [1.54, 1.807) is 0 Å². The second kappa shape index (κ2) is 5.47. The summed E-state index contributed by atoms with van der Waals surface area (Å²) in [7, 11) is 0. The number of rotatable bonds is 4. The average Bonchev–Trinajstić information content (AvgIpc) is 2.11. The van der Waals surface area contributed by atoms with E-state index in [4.69, 9.17) is 16.3 Å². The van der Waals surface area contributed by atoms with Gasteiger partial charge in [-0.1, -0.05) is 11.6 Å². The first-order valence-electron chi connectivity index (χ1n) is 4.54. The third kappa shape index (κ3) is 2.79. The van der Waals surface area contributed by atoms with Crippen LogP contribution in [0.15, 0.2) is 16.6 Å². The van der Waals surface area contributed by atoms with E-state index in [0.29, 0.717) is 11.6 Å². The number of hydrogen-bond donors (Lipinski definition) is 1. The average molecular weight is 279 g/mol. The largest absolute Gasteiger partial charge is 0.491 e. The maximum absolute atomic E-state index is 5.93. The van der Waals surface area contributed by atoms with E-state index in [0.717, 1.165) is 22.5 Å². The monoisotopic (exact) mass is 277 g/mol. The predicted octanol–water partition coefficient (Wildman–Crippen LogP) is 3.93. The Balaban J connectivity index is 3.07. The van der Waals surface area contributed by atoms with Gasteiger partial charge in [0.05, 0.1) is 16.8 Å². The fraction of sp³-hybridized carbons (Fsp3) is 0.400. The van der Waals surface area contributed by atoms with E-state index in [2.05, 4.69) is 21.2 Å². The summed E-state index contributed by atoms with van der Waals surface area (Å²) in [4.78, 5) is 0. The molecule has 1 rings (SSSR count). The molecule has 4 heteroatoms. The van der Waals surface area contributed by atoms with Crippen molar-refractivity contribution in [3.05, 3.63) is 21.6 Å². The quantitative estimate of drug-likeness (QED) is 0.901. The smallest absolute Gasteiger partial charge is 0.156 e. The zero-order valence-electron chi connectivity index (χ0n) is 8.23. The molecule has 0 aliphatic rings. The summed E-state index contributed by atoms with van der Waals surface area (Å²) in [6, 6.07) is 3.69. The number of ether oxygens (including phenoxy) is 1. The van der Waals surface area contributed by atoms with Gasteiger partial charge >= 0.3 is 0 Å². The Labute approximate surface area is 97.7 Å². The van der Waals surface area contributed by atoms with Crippen molar-refractivity contribution in [3.63, 3.8) is 0 Å².